The van der Waals surface area contributed by atoms with E-state index in [1.165, 1.54) is 4.88 Å². The molecule has 0 fully saturated rings. The van der Waals surface area contributed by atoms with E-state index < -0.39 is 0 Å². The van der Waals surface area contributed by atoms with E-state index in [0.717, 1.165) is 16.3 Å². The molecule has 1 aromatic heterocycles. The van der Waals surface area contributed by atoms with Gasteiger partial charge in [0.05, 0.1) is 38.0 Å². The number of nitrogens with one attached hydrogen (secondary N) is 1. The van der Waals surface area contributed by atoms with Crippen LogP contribution < -0.4 is 20.5 Å². The summed E-state index contributed by atoms with van der Waals surface area (Å²) in [6.45, 7) is 5.10. The van der Waals surface area contributed by atoms with Crippen molar-refractivity contribution in [2.45, 2.75) is 26.9 Å². The van der Waals surface area contributed by atoms with Crippen molar-refractivity contribution in [3.05, 3.63) is 39.3 Å². The van der Waals surface area contributed by atoms with Crippen LogP contribution in [-0.2, 0) is 13.1 Å². The third-order valence-electron chi connectivity index (χ3n) is 3.32. The van der Waals surface area contributed by atoms with Crippen LogP contribution in [0.3, 0.4) is 0 Å². The number of nitrogens with two attached hydrogens (primary N) is 1. The Labute approximate surface area is 140 Å². The van der Waals surface area contributed by atoms with E-state index in [4.69, 9.17) is 15.2 Å². The third-order valence-corrected chi connectivity index (χ3v) is 4.24. The maximum absolute atomic E-state index is 5.91. The van der Waals surface area contributed by atoms with Crippen LogP contribution in [0.5, 0.6) is 11.5 Å². The molecular formula is C16H22N4O2S. The summed E-state index contributed by atoms with van der Waals surface area (Å²) in [7, 11) is 3.22. The van der Waals surface area contributed by atoms with Gasteiger partial charge < -0.3 is 20.5 Å². The molecular weight excluding hydrogens is 312 g/mol. The minimum atomic E-state index is 0.393. The van der Waals surface area contributed by atoms with Gasteiger partial charge in [-0.25, -0.2) is 9.98 Å². The number of aryl methyl sites for hydroxylation is 2. The number of nitrogens with zero attached hydrogens (tertiary/aromatic N) is 2. The minimum absolute atomic E-state index is 0.393. The van der Waals surface area contributed by atoms with Crippen LogP contribution in [0.2, 0.25) is 0 Å². The lowest BCUT2D eigenvalue weighted by Gasteiger charge is -2.09. The van der Waals surface area contributed by atoms with E-state index in [2.05, 4.69) is 22.2 Å². The summed E-state index contributed by atoms with van der Waals surface area (Å²) in [6, 6.07) is 5.68. The van der Waals surface area contributed by atoms with Crippen molar-refractivity contribution < 1.29 is 9.47 Å². The average Bonchev–Trinajstić information content (AvgIpc) is 2.88. The third kappa shape index (κ3) is 4.59. The molecule has 0 saturated heterocycles. The van der Waals surface area contributed by atoms with Crippen molar-refractivity contribution in [1.82, 2.24) is 10.3 Å². The normalized spacial score (nSPS) is 11.4. The molecule has 0 amide bonds. The standard InChI is InChI=1S/C16H22N4O2S/c1-10-13(20-11(2)23-10)9-19-16(17)18-8-12-5-6-14(21-3)15(7-12)22-4/h5-7H,8-9H2,1-4H3,(H3,17,18,19). The number of methoxy groups -OCH3 is 2. The van der Waals surface area contributed by atoms with E-state index >= 15 is 0 Å². The Morgan fingerprint density at radius 2 is 2.00 bits per heavy atom. The van der Waals surface area contributed by atoms with Gasteiger partial charge in [0, 0.05) is 4.88 Å². The van der Waals surface area contributed by atoms with E-state index in [1.807, 2.05) is 25.1 Å². The maximum atomic E-state index is 5.91. The number of benzene rings is 1. The highest BCUT2D eigenvalue weighted by Crippen LogP contribution is 2.27. The van der Waals surface area contributed by atoms with Crippen LogP contribution in [0.1, 0.15) is 21.1 Å². The number of rotatable bonds is 6. The fourth-order valence-electron chi connectivity index (χ4n) is 2.12. The van der Waals surface area contributed by atoms with E-state index in [9.17, 15) is 0 Å². The average molecular weight is 334 g/mol. The lowest BCUT2D eigenvalue weighted by Crippen LogP contribution is -2.31. The van der Waals surface area contributed by atoms with Crippen LogP contribution in [0.15, 0.2) is 23.2 Å². The van der Waals surface area contributed by atoms with Gasteiger partial charge >= 0.3 is 0 Å². The van der Waals surface area contributed by atoms with Crippen LogP contribution >= 0.6 is 11.3 Å². The minimum Gasteiger partial charge on any atom is -0.493 e. The molecule has 7 heteroatoms. The van der Waals surface area contributed by atoms with Crippen molar-refractivity contribution in [2.75, 3.05) is 14.2 Å². The van der Waals surface area contributed by atoms with Crippen molar-refractivity contribution >= 4 is 17.3 Å². The molecule has 0 radical (unpaired) electrons. The lowest BCUT2D eigenvalue weighted by atomic mass is 10.2. The molecule has 1 aromatic carbocycles. The molecule has 0 saturated carbocycles. The molecule has 0 bridgehead atoms. The molecule has 124 valence electrons. The first-order chi connectivity index (χ1) is 11.0. The zero-order valence-electron chi connectivity index (χ0n) is 13.8. The second-order valence-corrected chi connectivity index (χ2v) is 6.39. The quantitative estimate of drug-likeness (QED) is 0.626. The Morgan fingerprint density at radius 3 is 2.61 bits per heavy atom. The van der Waals surface area contributed by atoms with Gasteiger partial charge in [0.25, 0.3) is 0 Å². The molecule has 0 spiro atoms. The smallest absolute Gasteiger partial charge is 0.189 e. The SMILES string of the molecule is COc1ccc(CN=C(N)NCc2nc(C)sc2C)cc1OC. The molecule has 23 heavy (non-hydrogen) atoms. The van der Waals surface area contributed by atoms with Gasteiger partial charge in [-0.1, -0.05) is 6.07 Å². The predicted molar refractivity (Wildman–Crippen MR) is 93.3 cm³/mol. The monoisotopic (exact) mass is 334 g/mol. The molecule has 6 nitrogen and oxygen atoms in total. The van der Waals surface area contributed by atoms with Crippen LogP contribution in [0, 0.1) is 13.8 Å². The second kappa shape index (κ2) is 7.82. The Morgan fingerprint density at radius 1 is 1.26 bits per heavy atom. The van der Waals surface area contributed by atoms with E-state index in [0.29, 0.717) is 30.5 Å². The van der Waals surface area contributed by atoms with E-state index in [-0.39, 0.29) is 0 Å². The van der Waals surface area contributed by atoms with Gasteiger partial charge in [-0.3, -0.25) is 0 Å². The zero-order valence-corrected chi connectivity index (χ0v) is 14.7. The summed E-state index contributed by atoms with van der Waals surface area (Å²) in [5.74, 6) is 1.77. The van der Waals surface area contributed by atoms with Gasteiger partial charge in [0.2, 0.25) is 0 Å². The van der Waals surface area contributed by atoms with Crippen molar-refractivity contribution in [3.63, 3.8) is 0 Å². The maximum Gasteiger partial charge on any atom is 0.189 e. The largest absolute Gasteiger partial charge is 0.493 e. The first-order valence-corrected chi connectivity index (χ1v) is 8.02. The Balaban J connectivity index is 1.95. The topological polar surface area (TPSA) is 81.8 Å². The fraction of sp³-hybridized carbons (Fsp3) is 0.375. The molecule has 2 rings (SSSR count). The highest BCUT2D eigenvalue weighted by molar-refractivity contribution is 7.11. The van der Waals surface area contributed by atoms with Gasteiger partial charge in [0.15, 0.2) is 17.5 Å². The van der Waals surface area contributed by atoms with Gasteiger partial charge in [0.1, 0.15) is 0 Å². The number of aliphatic imine (C=N–C) groups is 1. The van der Waals surface area contributed by atoms with Crippen molar-refractivity contribution in [2.24, 2.45) is 10.7 Å². The summed E-state index contributed by atoms with van der Waals surface area (Å²) >= 11 is 1.68. The summed E-state index contributed by atoms with van der Waals surface area (Å²) in [4.78, 5) is 9.99. The lowest BCUT2D eigenvalue weighted by molar-refractivity contribution is 0.354. The van der Waals surface area contributed by atoms with Crippen LogP contribution in [0.25, 0.3) is 0 Å². The number of hydrogen-bond acceptors (Lipinski definition) is 5. The molecule has 2 aromatic rings. The highest BCUT2D eigenvalue weighted by Gasteiger charge is 2.06. The Kier molecular flexibility index (Phi) is 5.81. The number of aromatic nitrogens is 1. The first-order valence-electron chi connectivity index (χ1n) is 7.21. The summed E-state index contributed by atoms with van der Waals surface area (Å²) in [5.41, 5.74) is 7.92. The fourth-order valence-corrected chi connectivity index (χ4v) is 2.96. The number of hydrogen-bond donors (Lipinski definition) is 2. The second-order valence-electron chi connectivity index (χ2n) is 4.98. The van der Waals surface area contributed by atoms with Crippen molar-refractivity contribution in [1.29, 1.82) is 0 Å². The molecule has 0 aliphatic rings. The molecule has 0 aliphatic carbocycles. The summed E-state index contributed by atoms with van der Waals surface area (Å²) in [5, 5.41) is 4.15. The zero-order chi connectivity index (χ0) is 16.8. The molecule has 0 unspecified atom stereocenters. The summed E-state index contributed by atoms with van der Waals surface area (Å²) in [6.07, 6.45) is 0. The van der Waals surface area contributed by atoms with Gasteiger partial charge in [-0.15, -0.1) is 11.3 Å². The van der Waals surface area contributed by atoms with Gasteiger partial charge in [-0.2, -0.15) is 0 Å². The highest BCUT2D eigenvalue weighted by atomic mass is 32.1. The molecule has 3 N–H and O–H groups in total. The Bertz CT molecular complexity index is 697. The molecule has 0 aliphatic heterocycles. The summed E-state index contributed by atoms with van der Waals surface area (Å²) < 4.78 is 10.5. The molecule has 1 heterocycles. The first kappa shape index (κ1) is 17.1. The molecule has 0 atom stereocenters. The van der Waals surface area contributed by atoms with Crippen LogP contribution in [0.4, 0.5) is 0 Å². The van der Waals surface area contributed by atoms with Gasteiger partial charge in [-0.05, 0) is 31.5 Å². The van der Waals surface area contributed by atoms with E-state index in [1.54, 1.807) is 25.6 Å². The number of thiazole rings is 1. The van der Waals surface area contributed by atoms with Crippen LogP contribution in [-0.4, -0.2) is 25.2 Å². The number of ether oxygens (including phenoxy) is 2. The Hall–Kier alpha value is -2.28. The van der Waals surface area contributed by atoms with Crippen molar-refractivity contribution in [3.8, 4) is 11.5 Å². The number of guanidine groups is 1. The predicted octanol–water partition coefficient (Wildman–Crippen LogP) is 2.38.